The first kappa shape index (κ1) is 13.5. The molecule has 104 valence electrons. The van der Waals surface area contributed by atoms with Crippen molar-refractivity contribution in [3.05, 3.63) is 17.5 Å². The Hall–Kier alpha value is -1.89. The fourth-order valence-corrected chi connectivity index (χ4v) is 2.38. The lowest BCUT2D eigenvalue weighted by atomic mass is 10.2. The molecular weight excluding hydrogens is 250 g/mol. The molecule has 1 amide bonds. The van der Waals surface area contributed by atoms with E-state index in [0.29, 0.717) is 17.9 Å². The molecule has 1 aromatic heterocycles. The summed E-state index contributed by atoms with van der Waals surface area (Å²) in [6.07, 6.45) is -0.718. The molecule has 2 N–H and O–H groups in total. The lowest BCUT2D eigenvalue weighted by Crippen LogP contribution is -2.41. The molecule has 1 fully saturated rings. The van der Waals surface area contributed by atoms with Crippen LogP contribution in [0.2, 0.25) is 0 Å². The number of amides is 1. The van der Waals surface area contributed by atoms with E-state index < -0.39 is 24.0 Å². The average Bonchev–Trinajstić information content (AvgIpc) is 2.91. The van der Waals surface area contributed by atoms with Crippen LogP contribution < -0.4 is 0 Å². The van der Waals surface area contributed by atoms with Gasteiger partial charge in [-0.1, -0.05) is 0 Å². The number of nitrogens with zero attached hydrogens (tertiary/aromatic N) is 3. The van der Waals surface area contributed by atoms with Gasteiger partial charge in [-0.15, -0.1) is 0 Å². The largest absolute Gasteiger partial charge is 0.480 e. The quantitative estimate of drug-likeness (QED) is 0.795. The highest BCUT2D eigenvalue weighted by atomic mass is 16.4. The Morgan fingerprint density at radius 1 is 1.53 bits per heavy atom. The SMILES string of the molecule is CCn1nc(C)cc1C(=O)N1CC(O)C[C@H]1C(=O)O. The molecule has 2 rings (SSSR count). The highest BCUT2D eigenvalue weighted by Gasteiger charge is 2.40. The van der Waals surface area contributed by atoms with Crippen LogP contribution in [0.3, 0.4) is 0 Å². The standard InChI is InChI=1S/C12H17N3O4/c1-3-15-9(4-7(2)13-15)11(17)14-6-8(16)5-10(14)12(18)19/h4,8,10,16H,3,5-6H2,1-2H3,(H,18,19)/t8?,10-/m0/s1. The van der Waals surface area contributed by atoms with Crippen molar-refractivity contribution < 1.29 is 19.8 Å². The van der Waals surface area contributed by atoms with E-state index in [2.05, 4.69) is 5.10 Å². The second kappa shape index (κ2) is 5.00. The number of hydrogen-bond acceptors (Lipinski definition) is 4. The number of aliphatic hydroxyl groups is 1. The smallest absolute Gasteiger partial charge is 0.326 e. The second-order valence-corrected chi connectivity index (χ2v) is 4.69. The topological polar surface area (TPSA) is 95.7 Å². The average molecular weight is 267 g/mol. The minimum Gasteiger partial charge on any atom is -0.480 e. The van der Waals surface area contributed by atoms with E-state index in [1.807, 2.05) is 6.92 Å². The third kappa shape index (κ3) is 2.46. The molecular formula is C12H17N3O4. The molecule has 0 bridgehead atoms. The van der Waals surface area contributed by atoms with Gasteiger partial charge in [0.15, 0.2) is 0 Å². The molecule has 2 heterocycles. The molecule has 0 aromatic carbocycles. The van der Waals surface area contributed by atoms with Crippen molar-refractivity contribution in [2.24, 2.45) is 0 Å². The molecule has 1 aromatic rings. The molecule has 0 saturated carbocycles. The number of β-amino-alcohol motifs (C(OH)–C–C–N with tert-alkyl or cyclic N) is 1. The Balaban J connectivity index is 2.30. The first-order valence-electron chi connectivity index (χ1n) is 6.20. The third-order valence-electron chi connectivity index (χ3n) is 3.25. The molecule has 1 aliphatic heterocycles. The number of likely N-dealkylation sites (tertiary alicyclic amines) is 1. The summed E-state index contributed by atoms with van der Waals surface area (Å²) in [6.45, 7) is 4.21. The number of carbonyl (C=O) groups is 2. The van der Waals surface area contributed by atoms with E-state index in [4.69, 9.17) is 5.11 Å². The normalized spacial score (nSPS) is 22.8. The van der Waals surface area contributed by atoms with Gasteiger partial charge in [0.25, 0.3) is 5.91 Å². The van der Waals surface area contributed by atoms with E-state index in [0.717, 1.165) is 0 Å². The van der Waals surface area contributed by atoms with Crippen molar-refractivity contribution in [2.45, 2.75) is 39.0 Å². The Morgan fingerprint density at radius 3 is 2.79 bits per heavy atom. The van der Waals surface area contributed by atoms with Crippen molar-refractivity contribution in [3.8, 4) is 0 Å². The number of aromatic nitrogens is 2. The van der Waals surface area contributed by atoms with Gasteiger partial charge >= 0.3 is 5.97 Å². The van der Waals surface area contributed by atoms with Gasteiger partial charge in [0.1, 0.15) is 11.7 Å². The van der Waals surface area contributed by atoms with E-state index in [1.165, 1.54) is 4.90 Å². The van der Waals surface area contributed by atoms with Gasteiger partial charge in [0.05, 0.1) is 11.8 Å². The van der Waals surface area contributed by atoms with Crippen molar-refractivity contribution in [2.75, 3.05) is 6.54 Å². The van der Waals surface area contributed by atoms with Crippen molar-refractivity contribution in [1.82, 2.24) is 14.7 Å². The summed E-state index contributed by atoms with van der Waals surface area (Å²) >= 11 is 0. The van der Waals surface area contributed by atoms with E-state index >= 15 is 0 Å². The van der Waals surface area contributed by atoms with Crippen LogP contribution in [0.5, 0.6) is 0 Å². The number of hydrogen-bond donors (Lipinski definition) is 2. The zero-order valence-electron chi connectivity index (χ0n) is 10.9. The lowest BCUT2D eigenvalue weighted by Gasteiger charge is -2.21. The summed E-state index contributed by atoms with van der Waals surface area (Å²) in [5.41, 5.74) is 1.07. The molecule has 1 saturated heterocycles. The van der Waals surface area contributed by atoms with Gasteiger partial charge in [-0.3, -0.25) is 9.48 Å². The molecule has 0 spiro atoms. The maximum atomic E-state index is 12.4. The first-order chi connectivity index (χ1) is 8.93. The van der Waals surface area contributed by atoms with Gasteiger partial charge in [0, 0.05) is 19.5 Å². The number of aliphatic hydroxyl groups excluding tert-OH is 1. The van der Waals surface area contributed by atoms with Crippen LogP contribution in [-0.2, 0) is 11.3 Å². The molecule has 7 nitrogen and oxygen atoms in total. The van der Waals surface area contributed by atoms with Gasteiger partial charge in [-0.25, -0.2) is 4.79 Å². The number of aliphatic carboxylic acids is 1. The zero-order valence-corrected chi connectivity index (χ0v) is 10.9. The minimum absolute atomic E-state index is 0.0454. The van der Waals surface area contributed by atoms with Gasteiger partial charge in [0.2, 0.25) is 0 Å². The molecule has 2 atom stereocenters. The molecule has 19 heavy (non-hydrogen) atoms. The summed E-state index contributed by atoms with van der Waals surface area (Å²) in [7, 11) is 0. The summed E-state index contributed by atoms with van der Waals surface area (Å²) in [6, 6.07) is 0.665. The first-order valence-corrected chi connectivity index (χ1v) is 6.20. The van der Waals surface area contributed by atoms with Crippen LogP contribution in [0.1, 0.15) is 29.5 Å². The number of carbonyl (C=O) groups excluding carboxylic acids is 1. The predicted molar refractivity (Wildman–Crippen MR) is 65.7 cm³/mol. The minimum atomic E-state index is -1.09. The molecule has 1 unspecified atom stereocenters. The molecule has 0 radical (unpaired) electrons. The molecule has 1 aliphatic rings. The van der Waals surface area contributed by atoms with E-state index in [1.54, 1.807) is 17.7 Å². The fraction of sp³-hybridized carbons (Fsp3) is 0.583. The van der Waals surface area contributed by atoms with Crippen LogP contribution in [-0.4, -0.2) is 55.5 Å². The zero-order chi connectivity index (χ0) is 14.2. The van der Waals surface area contributed by atoms with Crippen LogP contribution in [0, 0.1) is 6.92 Å². The maximum Gasteiger partial charge on any atom is 0.326 e. The predicted octanol–water partition coefficient (Wildman–Crippen LogP) is -0.129. The van der Waals surface area contributed by atoms with Crippen molar-refractivity contribution in [3.63, 3.8) is 0 Å². The number of rotatable bonds is 3. The lowest BCUT2D eigenvalue weighted by molar-refractivity contribution is -0.141. The summed E-state index contributed by atoms with van der Waals surface area (Å²) in [5, 5.41) is 22.8. The second-order valence-electron chi connectivity index (χ2n) is 4.69. The van der Waals surface area contributed by atoms with Crippen LogP contribution >= 0.6 is 0 Å². The highest BCUT2D eigenvalue weighted by molar-refractivity contribution is 5.95. The summed E-state index contributed by atoms with van der Waals surface area (Å²) < 4.78 is 1.54. The molecule has 0 aliphatic carbocycles. The number of carboxylic acids is 1. The van der Waals surface area contributed by atoms with Gasteiger partial charge < -0.3 is 15.1 Å². The van der Waals surface area contributed by atoms with E-state index in [9.17, 15) is 14.7 Å². The Kier molecular flexibility index (Phi) is 3.57. The Morgan fingerprint density at radius 2 is 2.21 bits per heavy atom. The van der Waals surface area contributed by atoms with Crippen molar-refractivity contribution in [1.29, 1.82) is 0 Å². The molecule has 7 heteroatoms. The monoisotopic (exact) mass is 267 g/mol. The van der Waals surface area contributed by atoms with Gasteiger partial charge in [-0.05, 0) is 19.9 Å². The number of aryl methyl sites for hydroxylation is 2. The van der Waals surface area contributed by atoms with Crippen molar-refractivity contribution >= 4 is 11.9 Å². The maximum absolute atomic E-state index is 12.4. The van der Waals surface area contributed by atoms with Gasteiger partial charge in [-0.2, -0.15) is 5.10 Å². The Bertz CT molecular complexity index is 511. The fourth-order valence-electron chi connectivity index (χ4n) is 2.38. The van der Waals surface area contributed by atoms with E-state index in [-0.39, 0.29) is 13.0 Å². The van der Waals surface area contributed by atoms with Crippen LogP contribution in [0.15, 0.2) is 6.07 Å². The third-order valence-corrected chi connectivity index (χ3v) is 3.25. The highest BCUT2D eigenvalue weighted by Crippen LogP contribution is 2.21. The van der Waals surface area contributed by atoms with Crippen LogP contribution in [0.25, 0.3) is 0 Å². The summed E-state index contributed by atoms with van der Waals surface area (Å²) in [4.78, 5) is 24.7. The number of carboxylic acid groups (broad SMARTS) is 1. The van der Waals surface area contributed by atoms with Crippen LogP contribution in [0.4, 0.5) is 0 Å². The summed E-state index contributed by atoms with van der Waals surface area (Å²) in [5.74, 6) is -1.49. The Labute approximate surface area is 110 Å².